The summed E-state index contributed by atoms with van der Waals surface area (Å²) in [4.78, 5) is 13.1. The van der Waals surface area contributed by atoms with Crippen molar-refractivity contribution in [1.29, 1.82) is 0 Å². The maximum absolute atomic E-state index is 13.1. The van der Waals surface area contributed by atoms with Crippen LogP contribution in [0.25, 0.3) is 0 Å². The number of hydrogen-bond acceptors (Lipinski definition) is 5. The van der Waals surface area contributed by atoms with Gasteiger partial charge in [0.1, 0.15) is 22.7 Å². The summed E-state index contributed by atoms with van der Waals surface area (Å²) in [6, 6.07) is 29.2. The first-order valence-electron chi connectivity index (χ1n) is 12.6. The third-order valence-electron chi connectivity index (χ3n) is 5.22. The highest BCUT2D eigenvalue weighted by Crippen LogP contribution is 2.35. The van der Waals surface area contributed by atoms with Crippen molar-refractivity contribution in [3.05, 3.63) is 108 Å². The summed E-state index contributed by atoms with van der Waals surface area (Å²) in [6.07, 6.45) is 0. The second kappa shape index (κ2) is 11.0. The third-order valence-corrected chi connectivity index (χ3v) is 5.22. The van der Waals surface area contributed by atoms with E-state index in [4.69, 9.17) is 18.9 Å². The fourth-order valence-corrected chi connectivity index (χ4v) is 3.67. The lowest BCUT2D eigenvalue weighted by molar-refractivity contribution is 0.103. The molecule has 0 fully saturated rings. The van der Waals surface area contributed by atoms with Crippen molar-refractivity contribution >= 4 is 5.78 Å². The van der Waals surface area contributed by atoms with E-state index in [1.165, 1.54) is 0 Å². The van der Waals surface area contributed by atoms with Gasteiger partial charge in [0.15, 0.2) is 28.8 Å². The second-order valence-corrected chi connectivity index (χ2v) is 10.9. The first-order valence-corrected chi connectivity index (χ1v) is 12.6. The third kappa shape index (κ3) is 7.39. The molecule has 0 radical (unpaired) electrons. The van der Waals surface area contributed by atoms with E-state index in [9.17, 15) is 4.79 Å². The highest BCUT2D eigenvalue weighted by Gasteiger charge is 2.17. The quantitative estimate of drug-likeness (QED) is 0.222. The predicted octanol–water partition coefficient (Wildman–Crippen LogP) is 8.86. The van der Waals surface area contributed by atoms with E-state index < -0.39 is 0 Å². The molecule has 0 unspecified atom stereocenters. The lowest BCUT2D eigenvalue weighted by Gasteiger charge is -2.23. The van der Waals surface area contributed by atoms with Gasteiger partial charge in [-0.3, -0.25) is 4.79 Å². The van der Waals surface area contributed by atoms with Crippen LogP contribution in [-0.4, -0.2) is 17.0 Å². The van der Waals surface area contributed by atoms with Crippen LogP contribution in [-0.2, 0) is 0 Å². The molecule has 0 aliphatic rings. The Balaban J connectivity index is 1.43. The standard InChI is InChI=1S/C33H34O5/c1-32(2,3)37-29-13-9-7-11-27(29)35-25-19-15-23(16-20-25)31(34)24-17-21-26(22-18-24)36-28-12-8-10-14-30(28)38-33(4,5)6/h7-22H,1-6H3. The van der Waals surface area contributed by atoms with Crippen LogP contribution in [0.5, 0.6) is 34.5 Å². The molecule has 5 nitrogen and oxygen atoms in total. The zero-order valence-electron chi connectivity index (χ0n) is 22.8. The summed E-state index contributed by atoms with van der Waals surface area (Å²) < 4.78 is 24.1. The van der Waals surface area contributed by atoms with Crippen LogP contribution < -0.4 is 18.9 Å². The summed E-state index contributed by atoms with van der Waals surface area (Å²) in [5.41, 5.74) is 0.433. The molecule has 0 aromatic heterocycles. The van der Waals surface area contributed by atoms with Crippen molar-refractivity contribution < 1.29 is 23.7 Å². The van der Waals surface area contributed by atoms with Gasteiger partial charge in [0.25, 0.3) is 0 Å². The summed E-state index contributed by atoms with van der Waals surface area (Å²) in [7, 11) is 0. The van der Waals surface area contributed by atoms with Crippen LogP contribution in [0.15, 0.2) is 97.1 Å². The van der Waals surface area contributed by atoms with Gasteiger partial charge in [0.05, 0.1) is 0 Å². The number of carbonyl (C=O) groups excluding carboxylic acids is 1. The average Bonchev–Trinajstić information content (AvgIpc) is 2.85. The first-order chi connectivity index (χ1) is 18.0. The Labute approximate surface area is 225 Å². The topological polar surface area (TPSA) is 54.0 Å². The molecule has 0 atom stereocenters. The van der Waals surface area contributed by atoms with E-state index in [1.807, 2.05) is 90.1 Å². The van der Waals surface area contributed by atoms with Gasteiger partial charge in [-0.2, -0.15) is 0 Å². The van der Waals surface area contributed by atoms with Crippen LogP contribution in [0.3, 0.4) is 0 Å². The van der Waals surface area contributed by atoms with Crippen molar-refractivity contribution in [2.24, 2.45) is 0 Å². The van der Waals surface area contributed by atoms with Gasteiger partial charge in [-0.15, -0.1) is 0 Å². The zero-order valence-corrected chi connectivity index (χ0v) is 22.8. The summed E-state index contributed by atoms with van der Waals surface area (Å²) in [5.74, 6) is 3.71. The van der Waals surface area contributed by atoms with Gasteiger partial charge < -0.3 is 18.9 Å². The van der Waals surface area contributed by atoms with Crippen LogP contribution in [0.4, 0.5) is 0 Å². The maximum atomic E-state index is 13.1. The van der Waals surface area contributed by atoms with Crippen molar-refractivity contribution in [3.63, 3.8) is 0 Å². The van der Waals surface area contributed by atoms with E-state index in [0.717, 1.165) is 0 Å². The lowest BCUT2D eigenvalue weighted by atomic mass is 10.0. The number of rotatable bonds is 8. The molecule has 4 aromatic carbocycles. The number of ketones is 1. The molecule has 0 N–H and O–H groups in total. The number of para-hydroxylation sites is 4. The molecular weight excluding hydrogens is 476 g/mol. The van der Waals surface area contributed by atoms with Gasteiger partial charge in [-0.05, 0) is 114 Å². The Hall–Kier alpha value is -4.25. The molecule has 0 saturated heterocycles. The zero-order chi connectivity index (χ0) is 27.3. The van der Waals surface area contributed by atoms with E-state index in [-0.39, 0.29) is 17.0 Å². The maximum Gasteiger partial charge on any atom is 0.193 e. The van der Waals surface area contributed by atoms with Gasteiger partial charge >= 0.3 is 0 Å². The minimum absolute atomic E-state index is 0.0870. The van der Waals surface area contributed by atoms with E-state index in [1.54, 1.807) is 48.5 Å². The Bertz CT molecular complexity index is 1270. The number of hydrogen-bond donors (Lipinski definition) is 0. The minimum Gasteiger partial charge on any atom is -0.484 e. The molecule has 0 saturated carbocycles. The number of benzene rings is 4. The first kappa shape index (κ1) is 26.8. The molecule has 0 aliphatic carbocycles. The van der Waals surface area contributed by atoms with Crippen molar-refractivity contribution in [1.82, 2.24) is 0 Å². The van der Waals surface area contributed by atoms with Crippen molar-refractivity contribution in [2.45, 2.75) is 52.7 Å². The largest absolute Gasteiger partial charge is 0.484 e. The molecule has 4 rings (SSSR count). The molecule has 0 aliphatic heterocycles. The highest BCUT2D eigenvalue weighted by molar-refractivity contribution is 6.09. The van der Waals surface area contributed by atoms with Crippen LogP contribution in [0.2, 0.25) is 0 Å². The van der Waals surface area contributed by atoms with E-state index in [2.05, 4.69) is 0 Å². The van der Waals surface area contributed by atoms with Crippen molar-refractivity contribution in [2.75, 3.05) is 0 Å². The van der Waals surface area contributed by atoms with Crippen molar-refractivity contribution in [3.8, 4) is 34.5 Å². The van der Waals surface area contributed by atoms with Crippen LogP contribution in [0, 0.1) is 0 Å². The Kier molecular flexibility index (Phi) is 7.77. The second-order valence-electron chi connectivity index (χ2n) is 10.9. The van der Waals surface area contributed by atoms with E-state index >= 15 is 0 Å². The SMILES string of the molecule is CC(C)(C)Oc1ccccc1Oc1ccc(C(=O)c2ccc(Oc3ccccc3OC(C)(C)C)cc2)cc1. The van der Waals surface area contributed by atoms with Gasteiger partial charge in [-0.25, -0.2) is 0 Å². The Morgan fingerprint density at radius 2 is 0.789 bits per heavy atom. The van der Waals surface area contributed by atoms with E-state index in [0.29, 0.717) is 45.6 Å². The fourth-order valence-electron chi connectivity index (χ4n) is 3.67. The molecule has 0 heterocycles. The van der Waals surface area contributed by atoms with Crippen LogP contribution in [0.1, 0.15) is 57.5 Å². The normalized spacial score (nSPS) is 11.5. The Morgan fingerprint density at radius 1 is 0.474 bits per heavy atom. The molecule has 196 valence electrons. The molecule has 0 bridgehead atoms. The monoisotopic (exact) mass is 510 g/mol. The summed E-state index contributed by atoms with van der Waals surface area (Å²) in [5, 5.41) is 0. The Morgan fingerprint density at radius 3 is 1.11 bits per heavy atom. The van der Waals surface area contributed by atoms with Gasteiger partial charge in [-0.1, -0.05) is 24.3 Å². The number of ether oxygens (including phenoxy) is 4. The lowest BCUT2D eigenvalue weighted by Crippen LogP contribution is -2.23. The molecule has 0 spiro atoms. The predicted molar refractivity (Wildman–Crippen MR) is 150 cm³/mol. The number of carbonyl (C=O) groups is 1. The average molecular weight is 511 g/mol. The van der Waals surface area contributed by atoms with Gasteiger partial charge in [0.2, 0.25) is 0 Å². The molecule has 5 heteroatoms. The summed E-state index contributed by atoms with van der Waals surface area (Å²) in [6.45, 7) is 11.9. The molecule has 38 heavy (non-hydrogen) atoms. The molecular formula is C33H34O5. The van der Waals surface area contributed by atoms with Gasteiger partial charge in [0, 0.05) is 11.1 Å². The molecule has 0 amide bonds. The van der Waals surface area contributed by atoms with Crippen LogP contribution >= 0.6 is 0 Å². The summed E-state index contributed by atoms with van der Waals surface area (Å²) >= 11 is 0. The fraction of sp³-hybridized carbons (Fsp3) is 0.242. The molecule has 4 aromatic rings. The minimum atomic E-state index is -0.347. The highest BCUT2D eigenvalue weighted by atomic mass is 16.5. The smallest absolute Gasteiger partial charge is 0.193 e.